The van der Waals surface area contributed by atoms with E-state index in [0.29, 0.717) is 19.0 Å². The molecule has 0 unspecified atom stereocenters. The quantitative estimate of drug-likeness (QED) is 0.381. The summed E-state index contributed by atoms with van der Waals surface area (Å²) >= 11 is 0. The van der Waals surface area contributed by atoms with E-state index in [0.717, 1.165) is 4.90 Å². The molecule has 0 aromatic heterocycles. The van der Waals surface area contributed by atoms with Crippen LogP contribution in [0, 0.1) is 0 Å². The van der Waals surface area contributed by atoms with Gasteiger partial charge < -0.3 is 18.2 Å². The molecular weight excluding hydrogens is 221 g/mol. The Labute approximate surface area is 90.5 Å². The Kier molecular flexibility index (Phi) is 6.65. The first kappa shape index (κ1) is 14.5. The number of rotatable bonds is 7. The molecule has 0 aliphatic rings. The lowest BCUT2D eigenvalue weighted by molar-refractivity contribution is 0.121. The summed E-state index contributed by atoms with van der Waals surface area (Å²) in [6.07, 6.45) is -0.858. The predicted octanol–water partition coefficient (Wildman–Crippen LogP) is 1.28. The van der Waals surface area contributed by atoms with E-state index in [1.54, 1.807) is 0 Å². The van der Waals surface area contributed by atoms with Gasteiger partial charge >= 0.3 is 15.0 Å². The van der Waals surface area contributed by atoms with Crippen molar-refractivity contribution >= 4 is 15.0 Å². The van der Waals surface area contributed by atoms with Gasteiger partial charge in [0, 0.05) is 41.0 Å². The van der Waals surface area contributed by atoms with Gasteiger partial charge in [-0.25, -0.2) is 4.79 Å². The molecule has 90 valence electrons. The van der Waals surface area contributed by atoms with Crippen LogP contribution in [0.2, 0.25) is 6.04 Å². The zero-order valence-electron chi connectivity index (χ0n) is 9.58. The van der Waals surface area contributed by atoms with E-state index in [4.69, 9.17) is 13.3 Å². The van der Waals surface area contributed by atoms with Crippen molar-refractivity contribution in [2.45, 2.75) is 12.5 Å². The van der Waals surface area contributed by atoms with Crippen molar-refractivity contribution in [3.05, 3.63) is 0 Å². The fourth-order valence-electron chi connectivity index (χ4n) is 1.18. The van der Waals surface area contributed by atoms with Gasteiger partial charge in [-0.15, -0.1) is 4.39 Å². The molecule has 0 heterocycles. The molecule has 0 bridgehead atoms. The van der Waals surface area contributed by atoms with Crippen LogP contribution in [0.25, 0.3) is 0 Å². The van der Waals surface area contributed by atoms with Crippen LogP contribution in [0.15, 0.2) is 0 Å². The maximum atomic E-state index is 12.2. The van der Waals surface area contributed by atoms with E-state index in [-0.39, 0.29) is 0 Å². The molecule has 0 saturated heterocycles. The second-order valence-corrected chi connectivity index (χ2v) is 6.16. The Morgan fingerprint density at radius 3 is 2.07 bits per heavy atom. The highest BCUT2D eigenvalue weighted by Crippen LogP contribution is 2.15. The smallest absolute Gasteiger partial charge is 0.377 e. The fraction of sp³-hybridized carbons (Fsp3) is 0.875. The normalized spacial score (nSPS) is 11.5. The van der Waals surface area contributed by atoms with E-state index >= 15 is 0 Å². The summed E-state index contributed by atoms with van der Waals surface area (Å²) in [5.41, 5.74) is 0. The molecule has 0 N–H and O–H groups in total. The molecule has 7 heteroatoms. The maximum Gasteiger partial charge on any atom is 0.500 e. The number of halogens is 1. The highest BCUT2D eigenvalue weighted by Gasteiger charge is 2.37. The highest BCUT2D eigenvalue weighted by atomic mass is 28.4. The van der Waals surface area contributed by atoms with Crippen LogP contribution in [0.3, 0.4) is 0 Å². The van der Waals surface area contributed by atoms with Gasteiger partial charge in [0.1, 0.15) is 0 Å². The molecular formula is C8H18FNO4Si. The molecule has 1 amide bonds. The summed E-state index contributed by atoms with van der Waals surface area (Å²) in [6.45, 7) is 0.320. The van der Waals surface area contributed by atoms with Crippen LogP contribution >= 0.6 is 0 Å². The second-order valence-electron chi connectivity index (χ2n) is 3.07. The zero-order chi connectivity index (χ0) is 11.9. The first-order valence-corrected chi connectivity index (χ1v) is 6.50. The van der Waals surface area contributed by atoms with Gasteiger partial charge in [-0.1, -0.05) is 0 Å². The third-order valence-corrected chi connectivity index (χ3v) is 5.04. The molecule has 0 spiro atoms. The summed E-state index contributed by atoms with van der Waals surface area (Å²) in [5, 5.41) is 0. The molecule has 0 aromatic rings. The average molecular weight is 239 g/mol. The zero-order valence-corrected chi connectivity index (χ0v) is 10.6. The summed E-state index contributed by atoms with van der Waals surface area (Å²) in [4.78, 5) is 11.3. The van der Waals surface area contributed by atoms with Gasteiger partial charge in [-0.2, -0.15) is 0 Å². The van der Waals surface area contributed by atoms with Crippen molar-refractivity contribution in [2.24, 2.45) is 0 Å². The lowest BCUT2D eigenvalue weighted by atomic mass is 10.4. The lowest BCUT2D eigenvalue weighted by Gasteiger charge is -2.24. The molecule has 0 rings (SSSR count). The topological polar surface area (TPSA) is 48.0 Å². The van der Waals surface area contributed by atoms with Gasteiger partial charge in [0.15, 0.2) is 0 Å². The number of nitrogens with zero attached hydrogens (tertiary/aromatic N) is 1. The summed E-state index contributed by atoms with van der Waals surface area (Å²) in [7, 11) is 3.37. The van der Waals surface area contributed by atoms with Crippen molar-refractivity contribution < 1.29 is 22.5 Å². The molecule has 15 heavy (non-hydrogen) atoms. The number of carbonyl (C=O) groups excluding carboxylic acids is 1. The summed E-state index contributed by atoms with van der Waals surface area (Å²) < 4.78 is 27.7. The van der Waals surface area contributed by atoms with Gasteiger partial charge in [-0.05, 0) is 6.42 Å². The van der Waals surface area contributed by atoms with Gasteiger partial charge in [0.2, 0.25) is 0 Å². The maximum absolute atomic E-state index is 12.2. The van der Waals surface area contributed by atoms with Crippen molar-refractivity contribution in [2.75, 3.05) is 34.9 Å². The Balaban J connectivity index is 3.96. The average Bonchev–Trinajstić information content (AvgIpc) is 2.24. The minimum absolute atomic E-state index is 0.320. The van der Waals surface area contributed by atoms with E-state index in [9.17, 15) is 9.18 Å². The van der Waals surface area contributed by atoms with Gasteiger partial charge in [0.25, 0.3) is 0 Å². The third-order valence-electron chi connectivity index (χ3n) is 2.21. The van der Waals surface area contributed by atoms with Crippen LogP contribution in [0.5, 0.6) is 0 Å². The summed E-state index contributed by atoms with van der Waals surface area (Å²) in [6, 6.07) is 0.550. The molecule has 0 atom stereocenters. The second kappa shape index (κ2) is 6.89. The largest absolute Gasteiger partial charge is 0.500 e. The SMILES string of the molecule is CO[Si](CCCN(C)C(=O)F)(OC)OC. The minimum atomic E-state index is -2.58. The minimum Gasteiger partial charge on any atom is -0.377 e. The number of amides is 1. The molecule has 0 fully saturated rings. The Hall–Kier alpha value is -0.503. The predicted molar refractivity (Wildman–Crippen MR) is 55.3 cm³/mol. The van der Waals surface area contributed by atoms with Crippen molar-refractivity contribution in [1.29, 1.82) is 0 Å². The van der Waals surface area contributed by atoms with E-state index in [1.807, 2.05) is 0 Å². The monoisotopic (exact) mass is 239 g/mol. The molecule has 0 aliphatic heterocycles. The van der Waals surface area contributed by atoms with Crippen molar-refractivity contribution in [3.8, 4) is 0 Å². The molecule has 0 aliphatic carbocycles. The van der Waals surface area contributed by atoms with Crippen molar-refractivity contribution in [3.63, 3.8) is 0 Å². The first-order chi connectivity index (χ1) is 7.01. The molecule has 0 radical (unpaired) electrons. The van der Waals surface area contributed by atoms with E-state index < -0.39 is 15.0 Å². The number of hydrogen-bond donors (Lipinski definition) is 0. The van der Waals surface area contributed by atoms with Crippen LogP contribution < -0.4 is 0 Å². The van der Waals surface area contributed by atoms with Crippen LogP contribution in [0.4, 0.5) is 9.18 Å². The van der Waals surface area contributed by atoms with Gasteiger partial charge in [-0.3, -0.25) is 0 Å². The van der Waals surface area contributed by atoms with Crippen LogP contribution in [-0.4, -0.2) is 54.8 Å². The van der Waals surface area contributed by atoms with Crippen LogP contribution in [-0.2, 0) is 13.3 Å². The van der Waals surface area contributed by atoms with E-state index in [2.05, 4.69) is 0 Å². The Morgan fingerprint density at radius 2 is 1.73 bits per heavy atom. The van der Waals surface area contributed by atoms with Crippen molar-refractivity contribution in [1.82, 2.24) is 4.90 Å². The molecule has 5 nitrogen and oxygen atoms in total. The van der Waals surface area contributed by atoms with Crippen LogP contribution in [0.1, 0.15) is 6.42 Å². The first-order valence-electron chi connectivity index (χ1n) is 4.57. The Bertz CT molecular complexity index is 193. The molecule has 0 aromatic carbocycles. The highest BCUT2D eigenvalue weighted by molar-refractivity contribution is 6.60. The standard InChI is InChI=1S/C8H18FNO4Si/c1-10(8(9)11)6-5-7-15(12-2,13-3)14-4/h5-7H2,1-4H3. The summed E-state index contributed by atoms with van der Waals surface area (Å²) in [5.74, 6) is 0. The Morgan fingerprint density at radius 1 is 1.27 bits per heavy atom. The lowest BCUT2D eigenvalue weighted by Crippen LogP contribution is -2.43. The third kappa shape index (κ3) is 4.69. The van der Waals surface area contributed by atoms with Gasteiger partial charge in [0.05, 0.1) is 0 Å². The van der Waals surface area contributed by atoms with E-state index in [1.165, 1.54) is 28.4 Å². The number of carbonyl (C=O) groups is 1. The molecule has 0 saturated carbocycles. The number of hydrogen-bond acceptors (Lipinski definition) is 4. The fourth-order valence-corrected chi connectivity index (χ4v) is 2.88.